The van der Waals surface area contributed by atoms with Crippen LogP contribution in [0.25, 0.3) is 0 Å². The first kappa shape index (κ1) is 21.9. The fraction of sp³-hybridized carbons (Fsp3) is 0.269. The van der Waals surface area contributed by atoms with Crippen LogP contribution in [0.1, 0.15) is 29.2 Å². The highest BCUT2D eigenvalue weighted by molar-refractivity contribution is 6.35. The first-order valence-electron chi connectivity index (χ1n) is 10.7. The predicted octanol–water partition coefficient (Wildman–Crippen LogP) is 5.86. The SMILES string of the molecule is O=C(CCc1ccc(Cl)cc1Cl)N1CCN(C(c2ccccc2)c2ccccc2)CC1. The van der Waals surface area contributed by atoms with Crippen LogP contribution < -0.4 is 0 Å². The van der Waals surface area contributed by atoms with E-state index >= 15 is 0 Å². The van der Waals surface area contributed by atoms with Gasteiger partial charge in [0, 0.05) is 42.6 Å². The average Bonchev–Trinajstić information content (AvgIpc) is 2.80. The average molecular weight is 453 g/mol. The van der Waals surface area contributed by atoms with Gasteiger partial charge in [0.1, 0.15) is 0 Å². The van der Waals surface area contributed by atoms with Crippen LogP contribution in [0.4, 0.5) is 0 Å². The summed E-state index contributed by atoms with van der Waals surface area (Å²) in [5, 5.41) is 1.24. The van der Waals surface area contributed by atoms with E-state index in [4.69, 9.17) is 23.2 Å². The standard InChI is InChI=1S/C26H26Cl2N2O/c27-23-13-11-20(24(28)19-23)12-14-25(31)29-15-17-30(18-16-29)26(21-7-3-1-4-8-21)22-9-5-2-6-10-22/h1-11,13,19,26H,12,14-18H2. The van der Waals surface area contributed by atoms with E-state index in [1.165, 1.54) is 11.1 Å². The topological polar surface area (TPSA) is 23.6 Å². The third kappa shape index (κ3) is 5.48. The second-order valence-corrected chi connectivity index (χ2v) is 8.72. The van der Waals surface area contributed by atoms with E-state index in [9.17, 15) is 4.79 Å². The lowest BCUT2D eigenvalue weighted by molar-refractivity contribution is -0.133. The number of hydrogen-bond donors (Lipinski definition) is 0. The van der Waals surface area contributed by atoms with Gasteiger partial charge >= 0.3 is 0 Å². The molecule has 3 aromatic carbocycles. The van der Waals surface area contributed by atoms with Crippen molar-refractivity contribution in [3.05, 3.63) is 106 Å². The number of halogens is 2. The van der Waals surface area contributed by atoms with Crippen LogP contribution in [0.5, 0.6) is 0 Å². The molecule has 1 saturated heterocycles. The Labute approximate surface area is 194 Å². The van der Waals surface area contributed by atoms with Gasteiger partial charge in [-0.1, -0.05) is 89.9 Å². The molecular formula is C26H26Cl2N2O. The van der Waals surface area contributed by atoms with Gasteiger partial charge in [0.05, 0.1) is 6.04 Å². The molecule has 3 aromatic rings. The van der Waals surface area contributed by atoms with Gasteiger partial charge in [-0.25, -0.2) is 0 Å². The summed E-state index contributed by atoms with van der Waals surface area (Å²) < 4.78 is 0. The molecule has 160 valence electrons. The maximum absolute atomic E-state index is 12.8. The molecular weight excluding hydrogens is 427 g/mol. The van der Waals surface area contributed by atoms with E-state index in [0.717, 1.165) is 31.7 Å². The molecule has 1 aliphatic rings. The Hall–Kier alpha value is -2.33. The maximum Gasteiger partial charge on any atom is 0.222 e. The lowest BCUT2D eigenvalue weighted by Gasteiger charge is -2.40. The summed E-state index contributed by atoms with van der Waals surface area (Å²) in [7, 11) is 0. The fourth-order valence-electron chi connectivity index (χ4n) is 4.24. The zero-order valence-electron chi connectivity index (χ0n) is 17.4. The molecule has 0 aliphatic carbocycles. The summed E-state index contributed by atoms with van der Waals surface area (Å²) in [5.74, 6) is 0.182. The zero-order valence-corrected chi connectivity index (χ0v) is 18.9. The fourth-order valence-corrected chi connectivity index (χ4v) is 4.74. The van der Waals surface area contributed by atoms with Crippen LogP contribution in [0.2, 0.25) is 10.0 Å². The van der Waals surface area contributed by atoms with E-state index in [-0.39, 0.29) is 11.9 Å². The number of rotatable bonds is 6. The predicted molar refractivity (Wildman–Crippen MR) is 128 cm³/mol. The largest absolute Gasteiger partial charge is 0.340 e. The number of aryl methyl sites for hydroxylation is 1. The van der Waals surface area contributed by atoms with Crippen molar-refractivity contribution in [3.8, 4) is 0 Å². The number of carbonyl (C=O) groups excluding carboxylic acids is 1. The van der Waals surface area contributed by atoms with Gasteiger partial charge in [-0.15, -0.1) is 0 Å². The van der Waals surface area contributed by atoms with Gasteiger partial charge in [0.2, 0.25) is 5.91 Å². The summed E-state index contributed by atoms with van der Waals surface area (Å²) in [6.07, 6.45) is 1.09. The van der Waals surface area contributed by atoms with E-state index < -0.39 is 0 Å². The minimum atomic E-state index is 0.182. The van der Waals surface area contributed by atoms with Gasteiger partial charge in [-0.05, 0) is 35.2 Å². The number of nitrogens with zero attached hydrogens (tertiary/aromatic N) is 2. The normalized spacial score (nSPS) is 14.7. The molecule has 0 spiro atoms. The number of benzene rings is 3. The summed E-state index contributed by atoms with van der Waals surface area (Å²) in [6.45, 7) is 3.18. The number of piperazine rings is 1. The minimum Gasteiger partial charge on any atom is -0.340 e. The van der Waals surface area contributed by atoms with Gasteiger partial charge in [-0.3, -0.25) is 9.69 Å². The molecule has 1 fully saturated rings. The van der Waals surface area contributed by atoms with E-state index in [1.54, 1.807) is 6.07 Å². The quantitative estimate of drug-likeness (QED) is 0.467. The van der Waals surface area contributed by atoms with Gasteiger partial charge < -0.3 is 4.90 Å². The van der Waals surface area contributed by atoms with Crippen molar-refractivity contribution in [2.24, 2.45) is 0 Å². The molecule has 3 nitrogen and oxygen atoms in total. The van der Waals surface area contributed by atoms with Crippen molar-refractivity contribution in [2.45, 2.75) is 18.9 Å². The highest BCUT2D eigenvalue weighted by Crippen LogP contribution is 2.29. The van der Waals surface area contributed by atoms with Crippen molar-refractivity contribution in [3.63, 3.8) is 0 Å². The van der Waals surface area contributed by atoms with Crippen LogP contribution >= 0.6 is 23.2 Å². The maximum atomic E-state index is 12.8. The summed E-state index contributed by atoms with van der Waals surface area (Å²) in [5.41, 5.74) is 3.53. The lowest BCUT2D eigenvalue weighted by atomic mass is 9.96. The first-order chi connectivity index (χ1) is 15.1. The molecule has 5 heteroatoms. The Kier molecular flexibility index (Phi) is 7.29. The lowest BCUT2D eigenvalue weighted by Crippen LogP contribution is -2.49. The number of carbonyl (C=O) groups is 1. The Morgan fingerprint density at radius 3 is 1.94 bits per heavy atom. The number of hydrogen-bond acceptors (Lipinski definition) is 2. The first-order valence-corrected chi connectivity index (χ1v) is 11.4. The molecule has 31 heavy (non-hydrogen) atoms. The second kappa shape index (κ2) is 10.3. The molecule has 0 radical (unpaired) electrons. The molecule has 0 atom stereocenters. The van der Waals surface area contributed by atoms with Crippen molar-refractivity contribution >= 4 is 29.1 Å². The van der Waals surface area contributed by atoms with Crippen LogP contribution in [0.3, 0.4) is 0 Å². The van der Waals surface area contributed by atoms with Gasteiger partial charge in [0.15, 0.2) is 0 Å². The van der Waals surface area contributed by atoms with Crippen molar-refractivity contribution in [1.29, 1.82) is 0 Å². The molecule has 4 rings (SSSR count). The molecule has 0 unspecified atom stereocenters. The summed E-state index contributed by atoms with van der Waals surface area (Å²) in [4.78, 5) is 17.3. The van der Waals surface area contributed by atoms with Crippen LogP contribution in [-0.4, -0.2) is 41.9 Å². The smallest absolute Gasteiger partial charge is 0.222 e. The summed E-state index contributed by atoms with van der Waals surface area (Å²) in [6, 6.07) is 26.9. The van der Waals surface area contributed by atoms with E-state index in [2.05, 4.69) is 65.6 Å². The third-order valence-corrected chi connectivity index (χ3v) is 6.47. The van der Waals surface area contributed by atoms with Crippen molar-refractivity contribution < 1.29 is 4.79 Å². The van der Waals surface area contributed by atoms with Gasteiger partial charge in [-0.2, -0.15) is 0 Å². The highest BCUT2D eigenvalue weighted by atomic mass is 35.5. The van der Waals surface area contributed by atoms with Crippen molar-refractivity contribution in [1.82, 2.24) is 9.80 Å². The molecule has 0 N–H and O–H groups in total. The van der Waals surface area contributed by atoms with E-state index in [1.807, 2.05) is 17.0 Å². The molecule has 1 aliphatic heterocycles. The molecule has 0 aromatic heterocycles. The molecule has 1 heterocycles. The van der Waals surface area contributed by atoms with Crippen LogP contribution in [0, 0.1) is 0 Å². The second-order valence-electron chi connectivity index (χ2n) is 7.88. The molecule has 0 bridgehead atoms. The molecule has 0 saturated carbocycles. The summed E-state index contributed by atoms with van der Waals surface area (Å²) >= 11 is 12.2. The van der Waals surface area contributed by atoms with Gasteiger partial charge in [0.25, 0.3) is 0 Å². The third-order valence-electron chi connectivity index (χ3n) is 5.89. The minimum absolute atomic E-state index is 0.182. The van der Waals surface area contributed by atoms with Crippen LogP contribution in [-0.2, 0) is 11.2 Å². The molecule has 1 amide bonds. The Balaban J connectivity index is 1.39. The Morgan fingerprint density at radius 2 is 1.39 bits per heavy atom. The number of amides is 1. The highest BCUT2D eigenvalue weighted by Gasteiger charge is 2.28. The Morgan fingerprint density at radius 1 is 0.806 bits per heavy atom. The van der Waals surface area contributed by atoms with Crippen molar-refractivity contribution in [2.75, 3.05) is 26.2 Å². The Bertz CT molecular complexity index is 963. The van der Waals surface area contributed by atoms with E-state index in [0.29, 0.717) is 22.9 Å². The zero-order chi connectivity index (χ0) is 21.6. The monoisotopic (exact) mass is 452 g/mol. The van der Waals surface area contributed by atoms with Crippen LogP contribution in [0.15, 0.2) is 78.9 Å².